The molecule has 1 N–H and O–H groups in total. The number of nitrogens with one attached hydrogen (secondary N) is 1. The Kier molecular flexibility index (Phi) is 4.42. The summed E-state index contributed by atoms with van der Waals surface area (Å²) in [4.78, 5) is 31.0. The Morgan fingerprint density at radius 1 is 1.32 bits per heavy atom. The van der Waals surface area contributed by atoms with E-state index in [9.17, 15) is 9.59 Å². The monoisotopic (exact) mass is 267 g/mol. The van der Waals surface area contributed by atoms with Gasteiger partial charge >= 0.3 is 12.1 Å². The van der Waals surface area contributed by atoms with E-state index in [1.807, 2.05) is 0 Å². The zero-order chi connectivity index (χ0) is 14.6. The first-order valence-corrected chi connectivity index (χ1v) is 5.65. The number of rotatable bonds is 2. The lowest BCUT2D eigenvalue weighted by Crippen LogP contribution is -2.28. The summed E-state index contributed by atoms with van der Waals surface area (Å²) in [6, 6.07) is 0. The van der Waals surface area contributed by atoms with Gasteiger partial charge in [-0.1, -0.05) is 0 Å². The molecule has 7 heteroatoms. The number of amides is 1. The Balaban J connectivity index is 2.96. The van der Waals surface area contributed by atoms with E-state index in [1.54, 1.807) is 27.7 Å². The maximum absolute atomic E-state index is 11.7. The van der Waals surface area contributed by atoms with Gasteiger partial charge in [0.1, 0.15) is 17.0 Å². The van der Waals surface area contributed by atoms with Crippen molar-refractivity contribution in [2.75, 3.05) is 12.4 Å². The van der Waals surface area contributed by atoms with E-state index in [0.29, 0.717) is 5.82 Å². The van der Waals surface area contributed by atoms with Crippen molar-refractivity contribution in [1.82, 2.24) is 9.97 Å². The van der Waals surface area contributed by atoms with Crippen molar-refractivity contribution in [2.45, 2.75) is 33.3 Å². The summed E-state index contributed by atoms with van der Waals surface area (Å²) < 4.78 is 9.68. The van der Waals surface area contributed by atoms with Crippen LogP contribution in [0.25, 0.3) is 0 Å². The van der Waals surface area contributed by atoms with Crippen molar-refractivity contribution >= 4 is 17.9 Å². The van der Waals surface area contributed by atoms with Gasteiger partial charge in [-0.05, 0) is 27.7 Å². The van der Waals surface area contributed by atoms with Crippen LogP contribution in [0.5, 0.6) is 0 Å². The second kappa shape index (κ2) is 5.64. The van der Waals surface area contributed by atoms with E-state index < -0.39 is 17.7 Å². The number of aromatic nitrogens is 2. The SMILES string of the molecule is COC(=O)c1cnc(C)nc1NC(=O)OC(C)(C)C. The average molecular weight is 267 g/mol. The van der Waals surface area contributed by atoms with E-state index in [1.165, 1.54) is 13.3 Å². The number of carbonyl (C=O) groups excluding carboxylic acids is 2. The molecule has 0 saturated carbocycles. The number of carbonyl (C=O) groups is 2. The highest BCUT2D eigenvalue weighted by atomic mass is 16.6. The van der Waals surface area contributed by atoms with Gasteiger partial charge in [-0.2, -0.15) is 0 Å². The van der Waals surface area contributed by atoms with Crippen LogP contribution in [0.2, 0.25) is 0 Å². The number of aryl methyl sites for hydroxylation is 1. The van der Waals surface area contributed by atoms with E-state index in [0.717, 1.165) is 0 Å². The Morgan fingerprint density at radius 2 is 1.95 bits per heavy atom. The smallest absolute Gasteiger partial charge is 0.413 e. The number of hydrogen-bond donors (Lipinski definition) is 1. The van der Waals surface area contributed by atoms with Crippen molar-refractivity contribution in [3.05, 3.63) is 17.6 Å². The van der Waals surface area contributed by atoms with Gasteiger partial charge in [-0.25, -0.2) is 19.6 Å². The number of nitrogens with zero attached hydrogens (tertiary/aromatic N) is 2. The van der Waals surface area contributed by atoms with E-state index in [-0.39, 0.29) is 11.4 Å². The lowest BCUT2D eigenvalue weighted by Gasteiger charge is -2.19. The topological polar surface area (TPSA) is 90.4 Å². The van der Waals surface area contributed by atoms with Crippen LogP contribution in [0.3, 0.4) is 0 Å². The molecule has 104 valence electrons. The van der Waals surface area contributed by atoms with Gasteiger partial charge in [0.2, 0.25) is 0 Å². The zero-order valence-electron chi connectivity index (χ0n) is 11.6. The molecule has 0 aliphatic carbocycles. The molecule has 1 amide bonds. The van der Waals surface area contributed by atoms with Crippen LogP contribution in [0, 0.1) is 6.92 Å². The third-order valence-corrected chi connectivity index (χ3v) is 1.93. The summed E-state index contributed by atoms with van der Waals surface area (Å²) in [5, 5.41) is 2.41. The predicted octanol–water partition coefficient (Wildman–Crippen LogP) is 1.92. The van der Waals surface area contributed by atoms with Gasteiger partial charge in [0.05, 0.1) is 7.11 Å². The highest BCUT2D eigenvalue weighted by molar-refractivity contribution is 5.98. The van der Waals surface area contributed by atoms with Crippen LogP contribution in [-0.2, 0) is 9.47 Å². The second-order valence-corrected chi connectivity index (χ2v) is 4.80. The van der Waals surface area contributed by atoms with Crippen LogP contribution >= 0.6 is 0 Å². The second-order valence-electron chi connectivity index (χ2n) is 4.80. The number of anilines is 1. The van der Waals surface area contributed by atoms with E-state index in [4.69, 9.17) is 4.74 Å². The van der Waals surface area contributed by atoms with Gasteiger partial charge in [0.15, 0.2) is 5.82 Å². The number of ether oxygens (including phenoxy) is 2. The average Bonchev–Trinajstić information content (AvgIpc) is 2.25. The first kappa shape index (κ1) is 14.9. The highest BCUT2D eigenvalue weighted by Gasteiger charge is 2.20. The Hall–Kier alpha value is -2.18. The molecule has 0 unspecified atom stereocenters. The number of esters is 1. The summed E-state index contributed by atoms with van der Waals surface area (Å²) in [5.41, 5.74) is -0.573. The van der Waals surface area contributed by atoms with Crippen LogP contribution in [0.1, 0.15) is 37.0 Å². The minimum absolute atomic E-state index is 0.0635. The zero-order valence-corrected chi connectivity index (χ0v) is 11.6. The van der Waals surface area contributed by atoms with Crippen LogP contribution in [-0.4, -0.2) is 34.7 Å². The third kappa shape index (κ3) is 4.53. The first-order chi connectivity index (χ1) is 8.73. The summed E-state index contributed by atoms with van der Waals surface area (Å²) in [5.74, 6) is -0.154. The van der Waals surface area contributed by atoms with Crippen molar-refractivity contribution in [1.29, 1.82) is 0 Å². The molecule has 0 radical (unpaired) electrons. The molecule has 1 rings (SSSR count). The van der Waals surface area contributed by atoms with E-state index >= 15 is 0 Å². The largest absolute Gasteiger partial charge is 0.465 e. The Bertz CT molecular complexity index is 494. The molecule has 19 heavy (non-hydrogen) atoms. The molecule has 1 heterocycles. The third-order valence-electron chi connectivity index (χ3n) is 1.93. The predicted molar refractivity (Wildman–Crippen MR) is 68.0 cm³/mol. The lowest BCUT2D eigenvalue weighted by atomic mass is 10.2. The molecular formula is C12H17N3O4. The summed E-state index contributed by atoms with van der Waals surface area (Å²) in [6.45, 7) is 6.85. The van der Waals surface area contributed by atoms with E-state index in [2.05, 4.69) is 20.0 Å². The molecule has 0 atom stereocenters. The van der Waals surface area contributed by atoms with Gasteiger partial charge in [0, 0.05) is 6.20 Å². The van der Waals surface area contributed by atoms with Gasteiger partial charge in [-0.15, -0.1) is 0 Å². The Morgan fingerprint density at radius 3 is 2.47 bits per heavy atom. The molecule has 1 aromatic rings. The van der Waals surface area contributed by atoms with Crippen molar-refractivity contribution in [3.63, 3.8) is 0 Å². The maximum atomic E-state index is 11.7. The molecule has 7 nitrogen and oxygen atoms in total. The van der Waals surface area contributed by atoms with Crippen molar-refractivity contribution < 1.29 is 19.1 Å². The first-order valence-electron chi connectivity index (χ1n) is 5.65. The fraction of sp³-hybridized carbons (Fsp3) is 0.500. The molecular weight excluding hydrogens is 250 g/mol. The molecule has 0 spiro atoms. The van der Waals surface area contributed by atoms with Crippen LogP contribution in [0.15, 0.2) is 6.20 Å². The molecule has 0 saturated heterocycles. The highest BCUT2D eigenvalue weighted by Crippen LogP contribution is 2.15. The minimum Gasteiger partial charge on any atom is -0.465 e. The maximum Gasteiger partial charge on any atom is 0.413 e. The normalized spacial score (nSPS) is 10.8. The number of hydrogen-bond acceptors (Lipinski definition) is 6. The van der Waals surface area contributed by atoms with Crippen molar-refractivity contribution in [3.8, 4) is 0 Å². The van der Waals surface area contributed by atoms with Crippen molar-refractivity contribution in [2.24, 2.45) is 0 Å². The van der Waals surface area contributed by atoms with Gasteiger partial charge < -0.3 is 9.47 Å². The molecule has 0 aromatic carbocycles. The molecule has 0 bridgehead atoms. The fourth-order valence-corrected chi connectivity index (χ4v) is 1.22. The molecule has 0 aliphatic rings. The van der Waals surface area contributed by atoms with Crippen LogP contribution in [0.4, 0.5) is 10.6 Å². The number of methoxy groups -OCH3 is 1. The summed E-state index contributed by atoms with van der Waals surface area (Å²) >= 11 is 0. The molecule has 1 aromatic heterocycles. The lowest BCUT2D eigenvalue weighted by molar-refractivity contribution is 0.0601. The fourth-order valence-electron chi connectivity index (χ4n) is 1.22. The molecule has 0 aliphatic heterocycles. The summed E-state index contributed by atoms with van der Waals surface area (Å²) in [6.07, 6.45) is 0.594. The molecule has 0 fully saturated rings. The quantitative estimate of drug-likeness (QED) is 0.823. The van der Waals surface area contributed by atoms with Gasteiger partial charge in [-0.3, -0.25) is 5.32 Å². The minimum atomic E-state index is -0.698. The van der Waals surface area contributed by atoms with Gasteiger partial charge in [0.25, 0.3) is 0 Å². The summed E-state index contributed by atoms with van der Waals surface area (Å²) in [7, 11) is 1.24. The van der Waals surface area contributed by atoms with Crippen LogP contribution < -0.4 is 5.32 Å². The Labute approximate surface area is 111 Å². The standard InChI is InChI=1S/C12H17N3O4/c1-7-13-6-8(10(16)18-5)9(14-7)15-11(17)19-12(2,3)4/h6H,1-5H3,(H,13,14,15,17).